The molecule has 3 nitrogen and oxygen atoms in total. The van der Waals surface area contributed by atoms with E-state index in [1.165, 1.54) is 0 Å². The molecule has 1 heterocycles. The zero-order chi connectivity index (χ0) is 7.40. The van der Waals surface area contributed by atoms with Gasteiger partial charge in [-0.15, -0.1) is 0 Å². The summed E-state index contributed by atoms with van der Waals surface area (Å²) in [7, 11) is 0. The summed E-state index contributed by atoms with van der Waals surface area (Å²) in [5.74, 6) is 0. The minimum absolute atomic E-state index is 0.273. The van der Waals surface area contributed by atoms with Crippen LogP contribution in [0, 0.1) is 0 Å². The first kappa shape index (κ1) is 7.98. The van der Waals surface area contributed by atoms with Crippen molar-refractivity contribution >= 4 is 0 Å². The summed E-state index contributed by atoms with van der Waals surface area (Å²) in [4.78, 5) is 2.25. The van der Waals surface area contributed by atoms with Crippen LogP contribution in [0.1, 0.15) is 12.8 Å². The van der Waals surface area contributed by atoms with E-state index in [0.717, 1.165) is 32.5 Å². The molecule has 0 aromatic rings. The van der Waals surface area contributed by atoms with Crippen LogP contribution in [-0.2, 0) is 0 Å². The molecule has 0 spiro atoms. The molecule has 3 heteroatoms. The highest BCUT2D eigenvalue weighted by Crippen LogP contribution is 2.06. The molecule has 0 aromatic carbocycles. The van der Waals surface area contributed by atoms with Crippen molar-refractivity contribution in [3.8, 4) is 0 Å². The van der Waals surface area contributed by atoms with Crippen molar-refractivity contribution in [1.29, 1.82) is 0 Å². The number of aliphatic hydroxyl groups is 1. The summed E-state index contributed by atoms with van der Waals surface area (Å²) in [6.07, 6.45) is 2.17. The topological polar surface area (TPSA) is 49.5 Å². The van der Waals surface area contributed by atoms with E-state index in [2.05, 4.69) is 4.90 Å². The number of hydrogen-bond donors (Lipinski definition) is 2. The molecule has 0 amide bonds. The molecule has 0 aliphatic carbocycles. The molecule has 0 aromatic heterocycles. The summed E-state index contributed by atoms with van der Waals surface area (Å²) in [5.41, 5.74) is 5.70. The summed E-state index contributed by atoms with van der Waals surface area (Å²) >= 11 is 0. The number of likely N-dealkylation sites (tertiary alicyclic amines) is 1. The molecular weight excluding hydrogens is 128 g/mol. The van der Waals surface area contributed by atoms with E-state index in [0.29, 0.717) is 6.04 Å². The van der Waals surface area contributed by atoms with E-state index < -0.39 is 0 Å². The number of aliphatic hydroxyl groups excluding tert-OH is 1. The lowest BCUT2D eigenvalue weighted by molar-refractivity contribution is 0.165. The molecule has 0 bridgehead atoms. The van der Waals surface area contributed by atoms with Gasteiger partial charge in [-0.25, -0.2) is 0 Å². The molecule has 0 atom stereocenters. The summed E-state index contributed by atoms with van der Waals surface area (Å²) < 4.78 is 0. The molecule has 0 unspecified atom stereocenters. The van der Waals surface area contributed by atoms with Crippen LogP contribution in [0.25, 0.3) is 0 Å². The van der Waals surface area contributed by atoms with Gasteiger partial charge in [0.2, 0.25) is 0 Å². The lowest BCUT2D eigenvalue weighted by Crippen LogP contribution is -2.40. The van der Waals surface area contributed by atoms with Gasteiger partial charge in [0.25, 0.3) is 0 Å². The third-order valence-electron chi connectivity index (χ3n) is 2.05. The maximum absolute atomic E-state index is 8.61. The monoisotopic (exact) mass is 144 g/mol. The Kier molecular flexibility index (Phi) is 3.12. The zero-order valence-electron chi connectivity index (χ0n) is 6.29. The van der Waals surface area contributed by atoms with Crippen LogP contribution in [0.15, 0.2) is 0 Å². The number of nitrogens with zero attached hydrogens (tertiary/aromatic N) is 1. The fourth-order valence-corrected chi connectivity index (χ4v) is 1.32. The van der Waals surface area contributed by atoms with Gasteiger partial charge in [-0.3, -0.25) is 0 Å². The SMILES string of the molecule is NC1CCN(CCO)CC1. The first-order valence-corrected chi connectivity index (χ1v) is 3.91. The number of nitrogens with two attached hydrogens (primary N) is 1. The maximum atomic E-state index is 8.61. The third-order valence-corrected chi connectivity index (χ3v) is 2.05. The van der Waals surface area contributed by atoms with E-state index in [1.807, 2.05) is 0 Å². The van der Waals surface area contributed by atoms with Crippen molar-refractivity contribution in [2.75, 3.05) is 26.2 Å². The molecule has 10 heavy (non-hydrogen) atoms. The van der Waals surface area contributed by atoms with Gasteiger partial charge in [-0.05, 0) is 25.9 Å². The standard InChI is InChI=1S/C7H16N2O/c8-7-1-3-9(4-2-7)5-6-10/h7,10H,1-6,8H2. The van der Waals surface area contributed by atoms with Gasteiger partial charge in [-0.2, -0.15) is 0 Å². The highest BCUT2D eigenvalue weighted by Gasteiger charge is 2.14. The largest absolute Gasteiger partial charge is 0.395 e. The maximum Gasteiger partial charge on any atom is 0.0558 e. The van der Waals surface area contributed by atoms with Gasteiger partial charge in [0, 0.05) is 12.6 Å². The van der Waals surface area contributed by atoms with Crippen molar-refractivity contribution in [1.82, 2.24) is 4.90 Å². The molecule has 1 aliphatic heterocycles. The number of piperidine rings is 1. The zero-order valence-corrected chi connectivity index (χ0v) is 6.29. The second-order valence-corrected chi connectivity index (χ2v) is 2.90. The highest BCUT2D eigenvalue weighted by atomic mass is 16.3. The Balaban J connectivity index is 2.13. The van der Waals surface area contributed by atoms with E-state index in [9.17, 15) is 0 Å². The minimum atomic E-state index is 0.273. The van der Waals surface area contributed by atoms with Crippen LogP contribution >= 0.6 is 0 Å². The molecule has 3 N–H and O–H groups in total. The predicted molar refractivity (Wildman–Crippen MR) is 40.7 cm³/mol. The molecule has 1 saturated heterocycles. The fraction of sp³-hybridized carbons (Fsp3) is 1.00. The number of hydrogen-bond acceptors (Lipinski definition) is 3. The van der Waals surface area contributed by atoms with E-state index >= 15 is 0 Å². The van der Waals surface area contributed by atoms with Crippen molar-refractivity contribution in [3.05, 3.63) is 0 Å². The van der Waals surface area contributed by atoms with Gasteiger partial charge >= 0.3 is 0 Å². The Morgan fingerprint density at radius 1 is 1.40 bits per heavy atom. The van der Waals surface area contributed by atoms with Crippen LogP contribution in [0.2, 0.25) is 0 Å². The Bertz CT molecular complexity index is 89.6. The van der Waals surface area contributed by atoms with E-state index in [-0.39, 0.29) is 6.61 Å². The highest BCUT2D eigenvalue weighted by molar-refractivity contribution is 4.73. The molecule has 1 rings (SSSR count). The van der Waals surface area contributed by atoms with Crippen molar-refractivity contribution < 1.29 is 5.11 Å². The molecule has 60 valence electrons. The first-order valence-electron chi connectivity index (χ1n) is 3.91. The third kappa shape index (κ3) is 2.25. The summed E-state index contributed by atoms with van der Waals surface area (Å²) in [6.45, 7) is 3.20. The average molecular weight is 144 g/mol. The molecule has 1 aliphatic rings. The first-order chi connectivity index (χ1) is 4.83. The van der Waals surface area contributed by atoms with Crippen LogP contribution in [-0.4, -0.2) is 42.3 Å². The number of rotatable bonds is 2. The molecular formula is C7H16N2O. The van der Waals surface area contributed by atoms with Crippen molar-refractivity contribution in [2.45, 2.75) is 18.9 Å². The van der Waals surface area contributed by atoms with E-state index in [1.54, 1.807) is 0 Å². The minimum Gasteiger partial charge on any atom is -0.395 e. The van der Waals surface area contributed by atoms with Crippen LogP contribution in [0.4, 0.5) is 0 Å². The van der Waals surface area contributed by atoms with E-state index in [4.69, 9.17) is 10.8 Å². The van der Waals surface area contributed by atoms with Gasteiger partial charge in [0.15, 0.2) is 0 Å². The number of β-amino-alcohol motifs (C(OH)–C–C–N with tert-alkyl or cyclic N) is 1. The fourth-order valence-electron chi connectivity index (χ4n) is 1.32. The second kappa shape index (κ2) is 3.91. The molecule has 1 fully saturated rings. The summed E-state index contributed by atoms with van der Waals surface area (Å²) in [5, 5.41) is 8.61. The van der Waals surface area contributed by atoms with Crippen LogP contribution in [0.5, 0.6) is 0 Å². The van der Waals surface area contributed by atoms with Crippen LogP contribution < -0.4 is 5.73 Å². The van der Waals surface area contributed by atoms with Gasteiger partial charge in [0.05, 0.1) is 6.61 Å². The predicted octanol–water partition coefficient (Wildman–Crippen LogP) is -0.598. The second-order valence-electron chi connectivity index (χ2n) is 2.90. The lowest BCUT2D eigenvalue weighted by atomic mass is 10.1. The van der Waals surface area contributed by atoms with Crippen molar-refractivity contribution in [2.24, 2.45) is 5.73 Å². The average Bonchev–Trinajstić information content (AvgIpc) is 1.95. The Morgan fingerprint density at radius 3 is 2.50 bits per heavy atom. The normalized spacial score (nSPS) is 23.4. The summed E-state index contributed by atoms with van der Waals surface area (Å²) in [6, 6.07) is 0.398. The quantitative estimate of drug-likeness (QED) is 0.544. The van der Waals surface area contributed by atoms with Gasteiger partial charge in [0.1, 0.15) is 0 Å². The lowest BCUT2D eigenvalue weighted by Gasteiger charge is -2.29. The smallest absolute Gasteiger partial charge is 0.0558 e. The van der Waals surface area contributed by atoms with Crippen molar-refractivity contribution in [3.63, 3.8) is 0 Å². The molecule has 0 saturated carbocycles. The van der Waals surface area contributed by atoms with Crippen LogP contribution in [0.3, 0.4) is 0 Å². The Hall–Kier alpha value is -0.120. The Labute approximate surface area is 61.8 Å². The molecule has 0 radical (unpaired) electrons. The van der Waals surface area contributed by atoms with Gasteiger partial charge < -0.3 is 15.7 Å². The Morgan fingerprint density at radius 2 is 2.00 bits per heavy atom. The van der Waals surface area contributed by atoms with Gasteiger partial charge in [-0.1, -0.05) is 0 Å².